The van der Waals surface area contributed by atoms with E-state index in [1.54, 1.807) is 24.3 Å². The maximum Gasteiger partial charge on any atom is 0.226 e. The number of hydrogen-bond acceptors (Lipinski definition) is 4. The van der Waals surface area contributed by atoms with Crippen LogP contribution in [0.1, 0.15) is 18.4 Å². The minimum atomic E-state index is -0.422. The zero-order valence-electron chi connectivity index (χ0n) is 14.9. The van der Waals surface area contributed by atoms with Crippen molar-refractivity contribution in [2.24, 2.45) is 5.73 Å². The molecule has 0 aliphatic rings. The van der Waals surface area contributed by atoms with Gasteiger partial charge < -0.3 is 21.1 Å². The summed E-state index contributed by atoms with van der Waals surface area (Å²) in [7, 11) is 0. The Morgan fingerprint density at radius 1 is 0.889 bits per heavy atom. The molecule has 2 aromatic carbocycles. The summed E-state index contributed by atoms with van der Waals surface area (Å²) in [5.74, 6) is -0.152. The molecule has 7 nitrogen and oxygen atoms in total. The average Bonchev–Trinajstić information content (AvgIpc) is 2.64. The highest BCUT2D eigenvalue weighted by Crippen LogP contribution is 2.16. The molecule has 0 aliphatic heterocycles. The second-order valence-corrected chi connectivity index (χ2v) is 5.90. The lowest BCUT2D eigenvalue weighted by atomic mass is 10.1. The summed E-state index contributed by atoms with van der Waals surface area (Å²) in [5, 5.41) is 5.48. The van der Waals surface area contributed by atoms with Gasteiger partial charge in [-0.15, -0.1) is 0 Å². The van der Waals surface area contributed by atoms with Gasteiger partial charge in [-0.25, -0.2) is 0 Å². The normalized spacial score (nSPS) is 10.1. The topological polar surface area (TPSA) is 111 Å². The van der Waals surface area contributed by atoms with Gasteiger partial charge in [-0.2, -0.15) is 0 Å². The first-order chi connectivity index (χ1) is 13.0. The Morgan fingerprint density at radius 2 is 1.59 bits per heavy atom. The van der Waals surface area contributed by atoms with E-state index in [9.17, 15) is 14.4 Å². The molecule has 0 atom stereocenters. The van der Waals surface area contributed by atoms with Gasteiger partial charge in [0.15, 0.2) is 0 Å². The number of hydrogen-bond donors (Lipinski definition) is 3. The van der Waals surface area contributed by atoms with Gasteiger partial charge >= 0.3 is 0 Å². The molecule has 0 unspecified atom stereocenters. The zero-order valence-corrected chi connectivity index (χ0v) is 14.9. The van der Waals surface area contributed by atoms with Crippen molar-refractivity contribution in [1.82, 2.24) is 5.32 Å². The maximum atomic E-state index is 11.9. The van der Waals surface area contributed by atoms with E-state index in [2.05, 4.69) is 10.6 Å². The predicted molar refractivity (Wildman–Crippen MR) is 102 cm³/mol. The van der Waals surface area contributed by atoms with Crippen LogP contribution in [0.15, 0.2) is 54.6 Å². The summed E-state index contributed by atoms with van der Waals surface area (Å²) in [6.45, 7) is 0.482. The van der Waals surface area contributed by atoms with Crippen LogP contribution in [0.3, 0.4) is 0 Å². The molecule has 0 fully saturated rings. The molecular weight excluding hydrogens is 346 g/mol. The molecule has 27 heavy (non-hydrogen) atoms. The first kappa shape index (κ1) is 20.0. The van der Waals surface area contributed by atoms with E-state index in [4.69, 9.17) is 10.5 Å². The Balaban J connectivity index is 1.66. The highest BCUT2D eigenvalue weighted by atomic mass is 16.5. The number of amides is 3. The van der Waals surface area contributed by atoms with Crippen molar-refractivity contribution in [3.8, 4) is 5.75 Å². The third kappa shape index (κ3) is 8.04. The minimum absolute atomic E-state index is 0.119. The second kappa shape index (κ2) is 10.6. The number of rotatable bonds is 10. The fraction of sp³-hybridized carbons (Fsp3) is 0.250. The number of nitrogens with one attached hydrogen (secondary N) is 2. The number of carbonyl (C=O) groups is 3. The lowest BCUT2D eigenvalue weighted by Gasteiger charge is -2.08. The van der Waals surface area contributed by atoms with E-state index in [0.717, 1.165) is 5.56 Å². The average molecular weight is 369 g/mol. The van der Waals surface area contributed by atoms with Gasteiger partial charge in [-0.3, -0.25) is 14.4 Å². The Bertz CT molecular complexity index is 761. The fourth-order valence-corrected chi connectivity index (χ4v) is 2.29. The van der Waals surface area contributed by atoms with Gasteiger partial charge in [0.2, 0.25) is 17.7 Å². The smallest absolute Gasteiger partial charge is 0.226 e. The van der Waals surface area contributed by atoms with Crippen LogP contribution in [0, 0.1) is 0 Å². The molecule has 2 rings (SSSR count). The third-order valence-corrected chi connectivity index (χ3v) is 3.64. The molecule has 3 amide bonds. The van der Waals surface area contributed by atoms with Crippen LogP contribution in [-0.4, -0.2) is 30.9 Å². The second-order valence-electron chi connectivity index (χ2n) is 5.90. The van der Waals surface area contributed by atoms with E-state index in [-0.39, 0.29) is 37.8 Å². The van der Waals surface area contributed by atoms with Crippen LogP contribution in [0.25, 0.3) is 0 Å². The highest BCUT2D eigenvalue weighted by Gasteiger charge is 2.06. The molecule has 0 aromatic heterocycles. The molecule has 0 aliphatic carbocycles. The number of carbonyl (C=O) groups excluding carboxylic acids is 3. The molecule has 0 radical (unpaired) electrons. The number of benzene rings is 2. The van der Waals surface area contributed by atoms with Crippen LogP contribution in [0.2, 0.25) is 0 Å². The standard InChI is InChI=1S/C20H23N3O4/c21-18(24)11-13-27-17-8-6-16(7-9-17)23-19(25)10-12-22-20(26)14-15-4-2-1-3-5-15/h1-9H,10-14H2,(H2,21,24)(H,22,26)(H,23,25). The molecule has 142 valence electrons. The Hall–Kier alpha value is -3.35. The number of anilines is 1. The van der Waals surface area contributed by atoms with Crippen molar-refractivity contribution < 1.29 is 19.1 Å². The van der Waals surface area contributed by atoms with E-state index >= 15 is 0 Å². The van der Waals surface area contributed by atoms with Crippen LogP contribution < -0.4 is 21.1 Å². The van der Waals surface area contributed by atoms with Crippen molar-refractivity contribution in [1.29, 1.82) is 0 Å². The number of nitrogens with two attached hydrogens (primary N) is 1. The van der Waals surface area contributed by atoms with Gasteiger partial charge in [0.25, 0.3) is 0 Å². The molecule has 0 spiro atoms. The van der Waals surface area contributed by atoms with E-state index in [0.29, 0.717) is 17.9 Å². The van der Waals surface area contributed by atoms with Crippen LogP contribution in [-0.2, 0) is 20.8 Å². The molecule has 7 heteroatoms. The summed E-state index contributed by atoms with van der Waals surface area (Å²) >= 11 is 0. The van der Waals surface area contributed by atoms with Gasteiger partial charge in [-0.05, 0) is 29.8 Å². The molecule has 0 saturated carbocycles. The van der Waals surface area contributed by atoms with Gasteiger partial charge in [-0.1, -0.05) is 30.3 Å². The maximum absolute atomic E-state index is 11.9. The van der Waals surface area contributed by atoms with Crippen LogP contribution >= 0.6 is 0 Å². The van der Waals surface area contributed by atoms with Crippen molar-refractivity contribution in [3.05, 3.63) is 60.2 Å². The molecule has 0 bridgehead atoms. The molecular formula is C20H23N3O4. The van der Waals surface area contributed by atoms with E-state index in [1.165, 1.54) is 0 Å². The van der Waals surface area contributed by atoms with Crippen LogP contribution in [0.4, 0.5) is 5.69 Å². The largest absolute Gasteiger partial charge is 0.493 e. The first-order valence-corrected chi connectivity index (χ1v) is 8.64. The third-order valence-electron chi connectivity index (χ3n) is 3.64. The summed E-state index contributed by atoms with van der Waals surface area (Å²) < 4.78 is 5.36. The SMILES string of the molecule is NC(=O)CCOc1ccc(NC(=O)CCNC(=O)Cc2ccccc2)cc1. The summed E-state index contributed by atoms with van der Waals surface area (Å²) in [5.41, 5.74) is 6.59. The lowest BCUT2D eigenvalue weighted by molar-refractivity contribution is -0.121. The van der Waals surface area contributed by atoms with Crippen LogP contribution in [0.5, 0.6) is 5.75 Å². The molecule has 0 heterocycles. The van der Waals surface area contributed by atoms with Crippen molar-refractivity contribution in [3.63, 3.8) is 0 Å². The Labute approximate surface area is 157 Å². The van der Waals surface area contributed by atoms with E-state index < -0.39 is 5.91 Å². The molecule has 2 aromatic rings. The Kier molecular flexibility index (Phi) is 7.84. The molecule has 0 saturated heterocycles. The fourth-order valence-electron chi connectivity index (χ4n) is 2.29. The zero-order chi connectivity index (χ0) is 19.5. The van der Waals surface area contributed by atoms with Crippen molar-refractivity contribution >= 4 is 23.4 Å². The predicted octanol–water partition coefficient (Wildman–Crippen LogP) is 1.63. The van der Waals surface area contributed by atoms with Gasteiger partial charge in [0.1, 0.15) is 5.75 Å². The lowest BCUT2D eigenvalue weighted by Crippen LogP contribution is -2.28. The summed E-state index contributed by atoms with van der Waals surface area (Å²) in [6, 6.07) is 16.2. The van der Waals surface area contributed by atoms with Crippen molar-refractivity contribution in [2.45, 2.75) is 19.3 Å². The minimum Gasteiger partial charge on any atom is -0.493 e. The summed E-state index contributed by atoms with van der Waals surface area (Å²) in [6.07, 6.45) is 0.617. The van der Waals surface area contributed by atoms with Crippen molar-refractivity contribution in [2.75, 3.05) is 18.5 Å². The molecule has 4 N–H and O–H groups in total. The summed E-state index contributed by atoms with van der Waals surface area (Å²) in [4.78, 5) is 34.4. The van der Waals surface area contributed by atoms with Gasteiger partial charge in [0, 0.05) is 18.7 Å². The quantitative estimate of drug-likeness (QED) is 0.591. The first-order valence-electron chi connectivity index (χ1n) is 8.64. The Morgan fingerprint density at radius 3 is 2.26 bits per heavy atom. The number of primary amides is 1. The van der Waals surface area contributed by atoms with E-state index in [1.807, 2.05) is 30.3 Å². The van der Waals surface area contributed by atoms with Gasteiger partial charge in [0.05, 0.1) is 19.4 Å². The highest BCUT2D eigenvalue weighted by molar-refractivity contribution is 5.91. The number of ether oxygens (including phenoxy) is 1. The monoisotopic (exact) mass is 369 g/mol.